The maximum Gasteiger partial charge on any atom is 0.407 e. The second-order valence-corrected chi connectivity index (χ2v) is 11.3. The molecule has 1 fully saturated rings. The number of nitrogens with zero attached hydrogens (tertiary/aromatic N) is 1. The van der Waals surface area contributed by atoms with Crippen LogP contribution in [0, 0.1) is 0 Å². The normalized spacial score (nSPS) is 18.3. The lowest BCUT2D eigenvalue weighted by Gasteiger charge is -2.25. The van der Waals surface area contributed by atoms with Crippen LogP contribution in [0.15, 0.2) is 35.3 Å². The molecular weight excluding hydrogens is 544 g/mol. The number of unbranched alkanes of at least 4 members (excludes halogenated alkanes) is 1. The van der Waals surface area contributed by atoms with E-state index in [1.165, 1.54) is 0 Å². The number of sulfonamides is 1. The molecule has 0 aromatic heterocycles. The first-order valence-electron chi connectivity index (χ1n) is 13.2. The Morgan fingerprint density at radius 2 is 1.90 bits per heavy atom. The van der Waals surface area contributed by atoms with Crippen molar-refractivity contribution >= 4 is 34.0 Å². The Balaban J connectivity index is 1.94. The summed E-state index contributed by atoms with van der Waals surface area (Å²) < 4.78 is 37.6. The Hall–Kier alpha value is -3.43. The maximum absolute atomic E-state index is 12.7. The number of guanidine groups is 1. The van der Waals surface area contributed by atoms with E-state index >= 15 is 0 Å². The highest BCUT2D eigenvalue weighted by Crippen LogP contribution is 2.25. The minimum atomic E-state index is -3.82. The topological polar surface area (TPSA) is 225 Å². The van der Waals surface area contributed by atoms with Crippen molar-refractivity contribution in [3.05, 3.63) is 35.9 Å². The summed E-state index contributed by atoms with van der Waals surface area (Å²) in [6, 6.07) is 7.15. The van der Waals surface area contributed by atoms with Crippen LogP contribution in [0.2, 0.25) is 0 Å². The Morgan fingerprint density at radius 1 is 1.18 bits per heavy atom. The molecule has 0 bridgehead atoms. The van der Waals surface area contributed by atoms with Gasteiger partial charge in [-0.2, -0.15) is 4.72 Å². The smallest absolute Gasteiger partial charge is 0.407 e. The molecule has 1 aromatic rings. The third-order valence-corrected chi connectivity index (χ3v) is 7.61. The number of aliphatic imine (C=N–C) groups is 1. The molecule has 4 atom stereocenters. The number of carboxylic acids is 1. The minimum Gasteiger partial charge on any atom is -0.480 e. The Morgan fingerprint density at radius 3 is 2.55 bits per heavy atom. The van der Waals surface area contributed by atoms with Gasteiger partial charge in [-0.15, -0.1) is 0 Å². The Bertz CT molecular complexity index is 1100. The summed E-state index contributed by atoms with van der Waals surface area (Å²) in [6.45, 7) is 1.78. The first-order valence-corrected chi connectivity index (χ1v) is 14.8. The van der Waals surface area contributed by atoms with Crippen LogP contribution in [0.25, 0.3) is 0 Å². The van der Waals surface area contributed by atoms with Crippen molar-refractivity contribution in [1.29, 1.82) is 0 Å². The third-order valence-electron chi connectivity index (χ3n) is 6.14. The van der Waals surface area contributed by atoms with E-state index in [1.54, 1.807) is 0 Å². The van der Waals surface area contributed by atoms with Crippen molar-refractivity contribution in [2.24, 2.45) is 16.5 Å². The molecule has 15 heteroatoms. The summed E-state index contributed by atoms with van der Waals surface area (Å²) in [4.78, 5) is 40.7. The van der Waals surface area contributed by atoms with Gasteiger partial charge in [0.2, 0.25) is 15.9 Å². The molecule has 14 nitrogen and oxygen atoms in total. The molecule has 40 heavy (non-hydrogen) atoms. The zero-order valence-corrected chi connectivity index (χ0v) is 23.4. The van der Waals surface area contributed by atoms with E-state index in [0.717, 1.165) is 5.56 Å². The molecule has 2 rings (SSSR count). The molecule has 2 amide bonds. The van der Waals surface area contributed by atoms with Gasteiger partial charge in [0, 0.05) is 13.1 Å². The number of carbonyl (C=O) groups excluding carboxylic acids is 2. The number of carboxylic acid groups (broad SMARTS) is 1. The van der Waals surface area contributed by atoms with Crippen molar-refractivity contribution in [2.45, 2.75) is 76.3 Å². The number of nitrogens with two attached hydrogens (primary N) is 2. The van der Waals surface area contributed by atoms with Crippen molar-refractivity contribution in [3.8, 4) is 0 Å². The van der Waals surface area contributed by atoms with Gasteiger partial charge in [0.25, 0.3) is 0 Å². The summed E-state index contributed by atoms with van der Waals surface area (Å²) in [5.74, 6) is -2.25. The molecule has 8 N–H and O–H groups in total. The van der Waals surface area contributed by atoms with Crippen LogP contribution in [0.1, 0.15) is 51.0 Å². The number of aliphatic carboxylic acids is 1. The van der Waals surface area contributed by atoms with Gasteiger partial charge in [0.15, 0.2) is 5.96 Å². The quantitative estimate of drug-likeness (QED) is 0.0826. The van der Waals surface area contributed by atoms with Crippen LogP contribution < -0.4 is 26.8 Å². The van der Waals surface area contributed by atoms with Crippen LogP contribution in [0.5, 0.6) is 0 Å². The molecule has 0 saturated carbocycles. The predicted molar refractivity (Wildman–Crippen MR) is 148 cm³/mol. The monoisotopic (exact) mass is 584 g/mol. The average molecular weight is 585 g/mol. The number of carbonyl (C=O) groups is 3. The van der Waals surface area contributed by atoms with Crippen molar-refractivity contribution in [2.75, 3.05) is 18.8 Å². The number of alkyl carbamates (subject to hydrolysis) is 1. The van der Waals surface area contributed by atoms with Crippen molar-refractivity contribution in [3.63, 3.8) is 0 Å². The highest BCUT2D eigenvalue weighted by molar-refractivity contribution is 7.89. The molecule has 1 aromatic carbocycles. The van der Waals surface area contributed by atoms with E-state index in [1.807, 2.05) is 37.3 Å². The highest BCUT2D eigenvalue weighted by atomic mass is 32.2. The lowest BCUT2D eigenvalue weighted by molar-refractivity contribution is -0.139. The van der Waals surface area contributed by atoms with E-state index < -0.39 is 58.8 Å². The molecule has 0 aliphatic carbocycles. The number of hydrogen-bond acceptors (Lipinski definition) is 8. The zero-order valence-electron chi connectivity index (χ0n) is 22.6. The lowest BCUT2D eigenvalue weighted by Crippen LogP contribution is -2.50. The van der Waals surface area contributed by atoms with Crippen molar-refractivity contribution in [1.82, 2.24) is 15.4 Å². The zero-order chi connectivity index (χ0) is 29.5. The number of rotatable bonds is 17. The number of ether oxygens (including phenoxy) is 2. The van der Waals surface area contributed by atoms with Crippen LogP contribution >= 0.6 is 0 Å². The lowest BCUT2D eigenvalue weighted by atomic mass is 10.0. The van der Waals surface area contributed by atoms with E-state index in [-0.39, 0.29) is 18.3 Å². The van der Waals surface area contributed by atoms with Gasteiger partial charge in [-0.25, -0.2) is 13.2 Å². The molecule has 0 spiro atoms. The largest absolute Gasteiger partial charge is 0.480 e. The van der Waals surface area contributed by atoms with E-state index in [2.05, 4.69) is 20.3 Å². The second kappa shape index (κ2) is 16.6. The van der Waals surface area contributed by atoms with Crippen LogP contribution in [-0.4, -0.2) is 80.6 Å². The summed E-state index contributed by atoms with van der Waals surface area (Å²) in [5.41, 5.74) is 11.6. The second-order valence-electron chi connectivity index (χ2n) is 9.43. The SMILES string of the molecule is CCCCS(=O)(=O)N[C@@H](CNC(=O)[C@H]1CC[C@@H]([C@@H](CCCN=C(N)N)NC(=O)OCc2ccccc2)O1)C(=O)O. The van der Waals surface area contributed by atoms with Crippen LogP contribution in [-0.2, 0) is 35.7 Å². The van der Waals surface area contributed by atoms with Crippen LogP contribution in [0.3, 0.4) is 0 Å². The van der Waals surface area contributed by atoms with Gasteiger partial charge >= 0.3 is 12.1 Å². The fraction of sp³-hybridized carbons (Fsp3) is 0.600. The molecule has 0 radical (unpaired) electrons. The minimum absolute atomic E-state index is 0.0482. The predicted octanol–water partition coefficient (Wildman–Crippen LogP) is 0.172. The van der Waals surface area contributed by atoms with Crippen LogP contribution in [0.4, 0.5) is 4.79 Å². The van der Waals surface area contributed by atoms with E-state index in [4.69, 9.17) is 20.9 Å². The number of amides is 2. The Labute approximate surface area is 234 Å². The average Bonchev–Trinajstić information content (AvgIpc) is 3.41. The first-order chi connectivity index (χ1) is 19.0. The molecular formula is C25H40N6O8S. The van der Waals surface area contributed by atoms with E-state index in [0.29, 0.717) is 45.1 Å². The molecule has 1 heterocycles. The van der Waals surface area contributed by atoms with Gasteiger partial charge in [-0.1, -0.05) is 43.7 Å². The summed E-state index contributed by atoms with van der Waals surface area (Å²) >= 11 is 0. The third kappa shape index (κ3) is 12.2. The maximum atomic E-state index is 12.7. The van der Waals surface area contributed by atoms with Gasteiger partial charge in [0.05, 0.1) is 17.9 Å². The highest BCUT2D eigenvalue weighted by Gasteiger charge is 2.36. The van der Waals surface area contributed by atoms with E-state index in [9.17, 15) is 27.9 Å². The summed E-state index contributed by atoms with van der Waals surface area (Å²) in [7, 11) is -3.82. The number of benzene rings is 1. The van der Waals surface area contributed by atoms with Crippen molar-refractivity contribution < 1.29 is 37.4 Å². The standard InChI is InChI=1S/C25H40N6O8S/c1-2-3-14-40(36,37)31-19(23(33)34)15-29-22(32)21-12-11-20(39-21)18(10-7-13-28-24(26)27)30-25(35)38-16-17-8-5-4-6-9-17/h4-6,8-9,18-21,31H,2-3,7,10-16H2,1H3,(H,29,32)(H,30,35)(H,33,34)(H4,26,27,28)/t18-,19+,20+,21-/m1/s1. The summed E-state index contributed by atoms with van der Waals surface area (Å²) in [5, 5.41) is 14.7. The van der Waals surface area contributed by atoms with Gasteiger partial charge in [-0.05, 0) is 37.7 Å². The molecule has 1 saturated heterocycles. The molecule has 1 aliphatic heterocycles. The fourth-order valence-corrected chi connectivity index (χ4v) is 5.45. The fourth-order valence-electron chi connectivity index (χ4n) is 4.04. The van der Waals surface area contributed by atoms with Gasteiger partial charge in [0.1, 0.15) is 18.8 Å². The number of hydrogen-bond donors (Lipinski definition) is 6. The first kappa shape index (κ1) is 32.8. The molecule has 1 aliphatic rings. The summed E-state index contributed by atoms with van der Waals surface area (Å²) in [6.07, 6.45) is 0.662. The van der Waals surface area contributed by atoms with Gasteiger partial charge < -0.3 is 36.7 Å². The molecule has 224 valence electrons. The Kier molecular flexibility index (Phi) is 13.6. The van der Waals surface area contributed by atoms with Gasteiger partial charge in [-0.3, -0.25) is 14.6 Å². The molecule has 0 unspecified atom stereocenters. The number of nitrogens with one attached hydrogen (secondary N) is 3.